The average molecular weight is 411 g/mol. The average Bonchev–Trinajstić information content (AvgIpc) is 2.83. The van der Waals surface area contributed by atoms with Gasteiger partial charge in [-0.2, -0.15) is 5.26 Å². The van der Waals surface area contributed by atoms with E-state index in [4.69, 9.17) is 5.26 Å². The van der Waals surface area contributed by atoms with Gasteiger partial charge in [-0.15, -0.1) is 6.58 Å². The molecule has 1 N–H and O–H groups in total. The van der Waals surface area contributed by atoms with E-state index in [1.807, 2.05) is 42.6 Å². The van der Waals surface area contributed by atoms with Gasteiger partial charge in [0.1, 0.15) is 18.7 Å². The molecule has 3 fully saturated rings. The molecule has 156 valence electrons. The Morgan fingerprint density at radius 1 is 1.19 bits per heavy atom. The Labute approximate surface area is 183 Å². The quantitative estimate of drug-likeness (QED) is 0.488. The Kier molecular flexibility index (Phi) is 5.09. The van der Waals surface area contributed by atoms with Crippen molar-refractivity contribution in [2.24, 2.45) is 11.8 Å². The number of piperidine rings is 3. The number of pyridine rings is 1. The van der Waals surface area contributed by atoms with Crippen LogP contribution in [0.1, 0.15) is 35.6 Å². The number of fused-ring (bicyclic) bond motifs is 4. The molecule has 0 amide bonds. The highest BCUT2D eigenvalue weighted by atomic mass is 16.3. The molecule has 3 aromatic rings. The van der Waals surface area contributed by atoms with Crippen molar-refractivity contribution in [3.8, 4) is 6.07 Å². The smallest absolute Gasteiger partial charge is 0.131 e. The van der Waals surface area contributed by atoms with Gasteiger partial charge in [0.05, 0.1) is 30.2 Å². The minimum absolute atomic E-state index is 0.136. The van der Waals surface area contributed by atoms with Crippen molar-refractivity contribution < 1.29 is 9.59 Å². The Bertz CT molecular complexity index is 1140. The first-order valence-corrected chi connectivity index (χ1v) is 11.1. The number of hydrogen-bond acceptors (Lipinski definition) is 3. The number of nitriles is 1. The van der Waals surface area contributed by atoms with Crippen molar-refractivity contribution in [2.45, 2.75) is 31.5 Å². The zero-order chi connectivity index (χ0) is 21.4. The summed E-state index contributed by atoms with van der Waals surface area (Å²) in [6, 6.07) is 20.3. The van der Waals surface area contributed by atoms with E-state index < -0.39 is 6.10 Å². The van der Waals surface area contributed by atoms with Gasteiger partial charge in [-0.3, -0.25) is 4.98 Å². The Morgan fingerprint density at radius 2 is 2.00 bits per heavy atom. The van der Waals surface area contributed by atoms with Gasteiger partial charge >= 0.3 is 0 Å². The minimum atomic E-state index is -0.542. The van der Waals surface area contributed by atoms with Crippen LogP contribution in [0.4, 0.5) is 0 Å². The molecule has 2 bridgehead atoms. The highest BCUT2D eigenvalue weighted by Crippen LogP contribution is 2.48. The molecule has 2 aromatic carbocycles. The van der Waals surface area contributed by atoms with E-state index in [9.17, 15) is 5.11 Å². The number of aliphatic hydroxyl groups is 1. The van der Waals surface area contributed by atoms with Gasteiger partial charge in [0.2, 0.25) is 0 Å². The monoisotopic (exact) mass is 410 g/mol. The number of rotatable bonds is 5. The molecule has 6 rings (SSSR count). The summed E-state index contributed by atoms with van der Waals surface area (Å²) in [6.07, 6.45) is 5.58. The predicted octanol–water partition coefficient (Wildman–Crippen LogP) is 4.75. The standard InChI is InChI=1S/C27H28N3O/c1-2-21-18-30(17-20-9-7-19(16-28)8-10-20)14-12-22(21)15-26(30)27(31)24-11-13-29-25-6-4-3-5-23(24)25/h2-11,13,21-22,26-27,31H,1,12,14-15,17-18H2/q+1. The van der Waals surface area contributed by atoms with E-state index in [0.717, 1.165) is 47.0 Å². The fourth-order valence-corrected chi connectivity index (χ4v) is 6.01. The lowest BCUT2D eigenvalue weighted by Crippen LogP contribution is -2.67. The maximum atomic E-state index is 11.7. The second-order valence-corrected chi connectivity index (χ2v) is 9.21. The first-order valence-electron chi connectivity index (χ1n) is 11.1. The molecule has 4 heteroatoms. The lowest BCUT2D eigenvalue weighted by molar-refractivity contribution is -0.984. The first-order chi connectivity index (χ1) is 15.1. The zero-order valence-electron chi connectivity index (χ0n) is 17.7. The molecule has 0 aliphatic carbocycles. The van der Waals surface area contributed by atoms with E-state index in [2.05, 4.69) is 41.9 Å². The van der Waals surface area contributed by atoms with Crippen LogP contribution in [0.3, 0.4) is 0 Å². The van der Waals surface area contributed by atoms with Gasteiger partial charge in [0.25, 0.3) is 0 Å². The van der Waals surface area contributed by atoms with Gasteiger partial charge < -0.3 is 9.59 Å². The number of nitrogens with zero attached hydrogens (tertiary/aromatic N) is 3. The van der Waals surface area contributed by atoms with E-state index >= 15 is 0 Å². The predicted molar refractivity (Wildman–Crippen MR) is 122 cm³/mol. The van der Waals surface area contributed by atoms with Crippen LogP contribution in [0.5, 0.6) is 0 Å². The summed E-state index contributed by atoms with van der Waals surface area (Å²) in [5.41, 5.74) is 3.82. The molecule has 31 heavy (non-hydrogen) atoms. The highest BCUT2D eigenvalue weighted by Gasteiger charge is 2.53. The van der Waals surface area contributed by atoms with Crippen molar-refractivity contribution in [3.63, 3.8) is 0 Å². The molecule has 3 saturated heterocycles. The van der Waals surface area contributed by atoms with Crippen LogP contribution in [0.15, 0.2) is 73.4 Å². The highest BCUT2D eigenvalue weighted by molar-refractivity contribution is 5.82. The largest absolute Gasteiger partial charge is 0.382 e. The molecule has 1 aromatic heterocycles. The SMILES string of the molecule is C=CC1C[N+]2(Cc3ccc(C#N)cc3)CCC1CC2C(O)c1ccnc2ccccc12. The Hall–Kier alpha value is -3.00. The maximum Gasteiger partial charge on any atom is 0.131 e. The third kappa shape index (κ3) is 3.44. The third-order valence-electron chi connectivity index (χ3n) is 7.62. The van der Waals surface area contributed by atoms with E-state index in [-0.39, 0.29) is 6.04 Å². The Morgan fingerprint density at radius 3 is 2.77 bits per heavy atom. The minimum Gasteiger partial charge on any atom is -0.382 e. The number of benzene rings is 2. The molecule has 4 heterocycles. The second kappa shape index (κ2) is 7.92. The van der Waals surface area contributed by atoms with Crippen LogP contribution in [0, 0.1) is 23.2 Å². The van der Waals surface area contributed by atoms with Crippen LogP contribution in [-0.2, 0) is 6.54 Å². The second-order valence-electron chi connectivity index (χ2n) is 9.21. The lowest BCUT2D eigenvalue weighted by atomic mass is 9.71. The van der Waals surface area contributed by atoms with Crippen LogP contribution in [0.2, 0.25) is 0 Å². The summed E-state index contributed by atoms with van der Waals surface area (Å²) in [5.74, 6) is 1.08. The van der Waals surface area contributed by atoms with Crippen molar-refractivity contribution in [3.05, 3.63) is 90.1 Å². The van der Waals surface area contributed by atoms with Crippen molar-refractivity contribution in [1.82, 2.24) is 4.98 Å². The molecule has 3 aliphatic heterocycles. The normalized spacial score (nSPS) is 28.2. The topological polar surface area (TPSA) is 56.9 Å². The third-order valence-corrected chi connectivity index (χ3v) is 7.62. The number of aromatic nitrogens is 1. The van der Waals surface area contributed by atoms with E-state index in [0.29, 0.717) is 17.4 Å². The van der Waals surface area contributed by atoms with Crippen molar-refractivity contribution >= 4 is 10.9 Å². The van der Waals surface area contributed by atoms with E-state index in [1.54, 1.807) is 0 Å². The van der Waals surface area contributed by atoms with Crippen LogP contribution in [-0.4, -0.2) is 33.7 Å². The molecule has 5 atom stereocenters. The molecule has 5 unspecified atom stereocenters. The zero-order valence-corrected chi connectivity index (χ0v) is 17.7. The van der Waals surface area contributed by atoms with Gasteiger partial charge in [0, 0.05) is 35.9 Å². The number of aliphatic hydroxyl groups excluding tert-OH is 1. The van der Waals surface area contributed by atoms with Crippen molar-refractivity contribution in [1.29, 1.82) is 5.26 Å². The van der Waals surface area contributed by atoms with Gasteiger partial charge in [-0.05, 0) is 35.7 Å². The summed E-state index contributed by atoms with van der Waals surface area (Å²) < 4.78 is 0.872. The fraction of sp³-hybridized carbons (Fsp3) is 0.333. The van der Waals surface area contributed by atoms with Crippen molar-refractivity contribution in [2.75, 3.05) is 13.1 Å². The first kappa shape index (κ1) is 19.9. The summed E-state index contributed by atoms with van der Waals surface area (Å²) in [6.45, 7) is 7.07. The summed E-state index contributed by atoms with van der Waals surface area (Å²) in [5, 5.41) is 21.9. The molecule has 0 spiro atoms. The van der Waals surface area contributed by atoms with E-state index in [1.165, 1.54) is 12.0 Å². The fourth-order valence-electron chi connectivity index (χ4n) is 6.01. The molecular weight excluding hydrogens is 382 g/mol. The lowest BCUT2D eigenvalue weighted by Gasteiger charge is -2.58. The molecule has 0 saturated carbocycles. The molecule has 0 radical (unpaired) electrons. The number of para-hydroxylation sites is 1. The van der Waals surface area contributed by atoms with Crippen LogP contribution >= 0.6 is 0 Å². The van der Waals surface area contributed by atoms with Crippen LogP contribution < -0.4 is 0 Å². The Balaban J connectivity index is 1.54. The summed E-state index contributed by atoms with van der Waals surface area (Å²) in [7, 11) is 0. The molecular formula is C27H28N3O+. The van der Waals surface area contributed by atoms with Gasteiger partial charge in [-0.1, -0.05) is 36.4 Å². The van der Waals surface area contributed by atoms with Gasteiger partial charge in [0.15, 0.2) is 0 Å². The van der Waals surface area contributed by atoms with Crippen LogP contribution in [0.25, 0.3) is 10.9 Å². The molecule has 3 aliphatic rings. The molecule has 4 nitrogen and oxygen atoms in total. The summed E-state index contributed by atoms with van der Waals surface area (Å²) >= 11 is 0. The number of hydrogen-bond donors (Lipinski definition) is 1. The number of quaternary nitrogens is 1. The van der Waals surface area contributed by atoms with Gasteiger partial charge in [-0.25, -0.2) is 0 Å². The summed E-state index contributed by atoms with van der Waals surface area (Å²) in [4.78, 5) is 4.49. The maximum absolute atomic E-state index is 11.7.